The van der Waals surface area contributed by atoms with Gasteiger partial charge in [0.25, 0.3) is 0 Å². The summed E-state index contributed by atoms with van der Waals surface area (Å²) in [6.45, 7) is 80.1. The van der Waals surface area contributed by atoms with Crippen LogP contribution in [0.3, 0.4) is 0 Å². The van der Waals surface area contributed by atoms with Crippen molar-refractivity contribution in [2.75, 3.05) is 0 Å². The molecule has 0 saturated carbocycles. The van der Waals surface area contributed by atoms with Gasteiger partial charge in [-0.2, -0.15) is 0 Å². The SMILES string of the molecule is CCCCCC(CC)(CC(CC)(CC)CC)CC(CC(CC)(CC)CC)(CC(CC)(CC)CC)CC(CC(CC(CC)(CC)CC)(CC(CC)(CC)CC)CC(CC)(CC)CC)(CC(CC(CC)(CC)CC)(CC(CC)(CC)CC)CC(CC)(CC)CC)CC(C)(CC)C(=O)O. The molecule has 0 aromatic heterocycles. The first kappa shape index (κ1) is 95.5. The maximum atomic E-state index is 15.6. The fourth-order valence-electron chi connectivity index (χ4n) is 24.6. The molecule has 576 valence electrons. The smallest absolute Gasteiger partial charge is 0.309 e. The standard InChI is InChI=1S/C94H188O2/c1-32-62-63-64-90(61-30,66-81(34-3,35-4)36-5)75-94(73-88(55-24,56-25)57-26,74-89(58-27,59-28)60-29)78-91(65-80(31,33-2)79(95)96,76-92(67-82(37-6,38-7)39-8,68-83(40-9,41-10)42-11)69-84(43-12,44-13)45-14)77-93(70-85(46-15,47-16)48-17,71-86(49-18,50-19)51-20)72-87(52-21,53-22)54-23/h32-78H2,1-31H3,(H,95,96). The van der Waals surface area contributed by atoms with Crippen LogP contribution in [0.15, 0.2) is 0 Å². The molecule has 0 spiro atoms. The molecule has 0 aromatic carbocycles. The lowest BCUT2D eigenvalue weighted by Crippen LogP contribution is -2.52. The summed E-state index contributed by atoms with van der Waals surface area (Å²) in [5, 5.41) is 12.8. The van der Waals surface area contributed by atoms with Gasteiger partial charge >= 0.3 is 5.97 Å². The van der Waals surface area contributed by atoms with E-state index in [4.69, 9.17) is 0 Å². The number of carboxylic acid groups (broad SMARTS) is 1. The summed E-state index contributed by atoms with van der Waals surface area (Å²) in [4.78, 5) is 15.6. The van der Waals surface area contributed by atoms with E-state index in [1.165, 1.54) is 289 Å². The average molecular weight is 1350 g/mol. The third-order valence-electron chi connectivity index (χ3n) is 34.1. The second-order valence-electron chi connectivity index (χ2n) is 37.1. The van der Waals surface area contributed by atoms with Crippen LogP contribution in [0.4, 0.5) is 0 Å². The molecule has 0 aliphatic heterocycles. The Balaban J connectivity index is 12.6. The number of hydrogen-bond donors (Lipinski definition) is 1. The molecule has 0 aliphatic carbocycles. The minimum Gasteiger partial charge on any atom is -0.481 e. The lowest BCUT2D eigenvalue weighted by Gasteiger charge is -2.62. The molecular weight excluding hydrogens is 1160 g/mol. The minimum absolute atomic E-state index is 0.0255. The second kappa shape index (κ2) is 42.4. The molecule has 0 aliphatic rings. The lowest BCUT2D eigenvalue weighted by atomic mass is 9.42. The van der Waals surface area contributed by atoms with Crippen LogP contribution < -0.4 is 0 Å². The highest BCUT2D eigenvalue weighted by Crippen LogP contribution is 2.72. The Morgan fingerprint density at radius 1 is 0.188 bits per heavy atom. The van der Waals surface area contributed by atoms with E-state index in [9.17, 15) is 5.11 Å². The van der Waals surface area contributed by atoms with Crippen LogP contribution in [0.2, 0.25) is 0 Å². The van der Waals surface area contributed by atoms with Crippen LogP contribution in [-0.2, 0) is 4.79 Å². The molecule has 0 aromatic rings. The summed E-state index contributed by atoms with van der Waals surface area (Å²) in [6.07, 6.45) is 57.2. The first-order valence-electron chi connectivity index (χ1n) is 44.4. The summed E-state index contributed by atoms with van der Waals surface area (Å²) < 4.78 is 0. The molecule has 0 saturated heterocycles. The first-order valence-corrected chi connectivity index (χ1v) is 44.4. The molecule has 2 nitrogen and oxygen atoms in total. The zero-order chi connectivity index (χ0) is 74.3. The zero-order valence-corrected chi connectivity index (χ0v) is 73.1. The van der Waals surface area contributed by atoms with Crippen molar-refractivity contribution < 1.29 is 9.90 Å². The fraction of sp³-hybridized carbons (Fsp3) is 0.989. The summed E-state index contributed by atoms with van der Waals surface area (Å²) in [6, 6.07) is 0. The Morgan fingerprint density at radius 2 is 0.323 bits per heavy atom. The van der Waals surface area contributed by atoms with Gasteiger partial charge in [-0.1, -0.05) is 407 Å². The van der Waals surface area contributed by atoms with Crippen molar-refractivity contribution in [1.29, 1.82) is 0 Å². The Kier molecular flexibility index (Phi) is 42.2. The average Bonchev–Trinajstić information content (AvgIpc) is 0.726. The quantitative estimate of drug-likeness (QED) is 0.0616. The molecule has 1 N–H and O–H groups in total. The third-order valence-corrected chi connectivity index (χ3v) is 34.1. The Bertz CT molecular complexity index is 1710. The zero-order valence-electron chi connectivity index (χ0n) is 73.1. The summed E-state index contributed by atoms with van der Waals surface area (Å²) in [5.41, 5.74) is 0.665. The van der Waals surface area contributed by atoms with Crippen LogP contribution in [0.25, 0.3) is 0 Å². The molecule has 0 fully saturated rings. The van der Waals surface area contributed by atoms with E-state index in [0.29, 0.717) is 11.8 Å². The minimum atomic E-state index is -0.902. The summed E-state index contributed by atoms with van der Waals surface area (Å²) in [7, 11) is 0. The van der Waals surface area contributed by atoms with Gasteiger partial charge in [0.05, 0.1) is 5.41 Å². The predicted octanol–water partition coefficient (Wildman–Crippen LogP) is 33.8. The van der Waals surface area contributed by atoms with Crippen molar-refractivity contribution in [3.63, 3.8) is 0 Å². The molecule has 0 amide bonds. The van der Waals surface area contributed by atoms with E-state index in [2.05, 4.69) is 215 Å². The maximum Gasteiger partial charge on any atom is 0.309 e. The predicted molar refractivity (Wildman–Crippen MR) is 437 cm³/mol. The van der Waals surface area contributed by atoms with Crippen molar-refractivity contribution >= 4 is 5.97 Å². The number of hydrogen-bond acceptors (Lipinski definition) is 1. The molecule has 2 unspecified atom stereocenters. The van der Waals surface area contributed by atoms with Crippen molar-refractivity contribution in [2.24, 2.45) is 81.2 Å². The number of carboxylic acids is 1. The van der Waals surface area contributed by atoms with Gasteiger partial charge in [-0.25, -0.2) is 0 Å². The molecule has 0 rings (SSSR count). The summed E-state index contributed by atoms with van der Waals surface area (Å²) in [5.74, 6) is -0.521. The van der Waals surface area contributed by atoms with E-state index >= 15 is 4.79 Å². The van der Waals surface area contributed by atoms with Crippen LogP contribution >= 0.6 is 0 Å². The second-order valence-corrected chi connectivity index (χ2v) is 37.1. The van der Waals surface area contributed by atoms with Crippen LogP contribution in [0.5, 0.6) is 0 Å². The Morgan fingerprint density at radius 3 is 0.458 bits per heavy atom. The maximum absolute atomic E-state index is 15.6. The van der Waals surface area contributed by atoms with Crippen LogP contribution in [0.1, 0.15) is 516 Å². The topological polar surface area (TPSA) is 37.3 Å². The molecule has 2 atom stereocenters. The van der Waals surface area contributed by atoms with E-state index in [-0.39, 0.29) is 70.4 Å². The van der Waals surface area contributed by atoms with Gasteiger partial charge in [-0.3, -0.25) is 4.79 Å². The van der Waals surface area contributed by atoms with Crippen LogP contribution in [0, 0.1) is 81.2 Å². The lowest BCUT2D eigenvalue weighted by molar-refractivity contribution is -0.157. The largest absolute Gasteiger partial charge is 0.481 e. The van der Waals surface area contributed by atoms with Crippen molar-refractivity contribution in [3.05, 3.63) is 0 Å². The van der Waals surface area contributed by atoms with Crippen molar-refractivity contribution in [2.45, 2.75) is 516 Å². The molecule has 0 bridgehead atoms. The first-order chi connectivity index (χ1) is 45.2. The van der Waals surface area contributed by atoms with Gasteiger partial charge in [0.1, 0.15) is 0 Å². The van der Waals surface area contributed by atoms with Crippen LogP contribution in [-0.4, -0.2) is 11.1 Å². The van der Waals surface area contributed by atoms with Gasteiger partial charge in [-0.15, -0.1) is 0 Å². The highest BCUT2D eigenvalue weighted by atomic mass is 16.4. The van der Waals surface area contributed by atoms with E-state index in [1.54, 1.807) is 0 Å². The summed E-state index contributed by atoms with van der Waals surface area (Å²) >= 11 is 0. The van der Waals surface area contributed by atoms with Gasteiger partial charge in [0.2, 0.25) is 0 Å². The van der Waals surface area contributed by atoms with E-state index < -0.39 is 11.4 Å². The van der Waals surface area contributed by atoms with Gasteiger partial charge in [0, 0.05) is 0 Å². The van der Waals surface area contributed by atoms with Gasteiger partial charge in [-0.05, 0) is 185 Å². The molecule has 2 heteroatoms. The van der Waals surface area contributed by atoms with Crippen molar-refractivity contribution in [1.82, 2.24) is 0 Å². The van der Waals surface area contributed by atoms with E-state index in [0.717, 1.165) is 6.42 Å². The monoisotopic (exact) mass is 1350 g/mol. The normalized spacial score (nSPS) is 15.6. The van der Waals surface area contributed by atoms with Crippen molar-refractivity contribution in [3.8, 4) is 0 Å². The Labute approximate surface area is 610 Å². The molecule has 0 heterocycles. The highest BCUT2D eigenvalue weighted by Gasteiger charge is 2.61. The molecule has 96 heavy (non-hydrogen) atoms. The van der Waals surface area contributed by atoms with Gasteiger partial charge < -0.3 is 5.11 Å². The number of rotatable bonds is 62. The Hall–Kier alpha value is -0.530. The number of unbranched alkanes of at least 4 members (excludes halogenated alkanes) is 2. The van der Waals surface area contributed by atoms with Gasteiger partial charge in [0.15, 0.2) is 0 Å². The fourth-order valence-corrected chi connectivity index (χ4v) is 24.6. The molecular formula is C94H188O2. The molecule has 0 radical (unpaired) electrons. The number of aliphatic carboxylic acids is 1. The van der Waals surface area contributed by atoms with E-state index in [1.807, 2.05) is 0 Å². The highest BCUT2D eigenvalue weighted by molar-refractivity contribution is 5.74. The third kappa shape index (κ3) is 24.0. The number of carbonyl (C=O) groups is 1.